The Labute approximate surface area is 91.4 Å². The number of ether oxygens (including phenoxy) is 1. The van der Waals surface area contributed by atoms with E-state index in [1.165, 1.54) is 24.8 Å². The van der Waals surface area contributed by atoms with Crippen molar-refractivity contribution in [3.8, 4) is 5.75 Å². The lowest BCUT2D eigenvalue weighted by Gasteiger charge is -2.12. The van der Waals surface area contributed by atoms with Crippen molar-refractivity contribution >= 4 is 5.69 Å². The quantitative estimate of drug-likeness (QED) is 0.767. The summed E-state index contributed by atoms with van der Waals surface area (Å²) in [5, 5.41) is 0. The lowest BCUT2D eigenvalue weighted by atomic mass is 10.1. The highest BCUT2D eigenvalue weighted by atomic mass is 16.5. The molecule has 15 heavy (non-hydrogen) atoms. The number of hydrogen-bond acceptors (Lipinski definition) is 2. The summed E-state index contributed by atoms with van der Waals surface area (Å²) in [4.78, 5) is 0. The van der Waals surface area contributed by atoms with Crippen LogP contribution in [0.4, 0.5) is 5.69 Å². The van der Waals surface area contributed by atoms with Crippen LogP contribution in [0.3, 0.4) is 0 Å². The van der Waals surface area contributed by atoms with Gasteiger partial charge >= 0.3 is 0 Å². The molecule has 0 radical (unpaired) electrons. The number of benzene rings is 1. The molecule has 0 unspecified atom stereocenters. The van der Waals surface area contributed by atoms with Crippen molar-refractivity contribution in [2.45, 2.75) is 33.1 Å². The van der Waals surface area contributed by atoms with Gasteiger partial charge < -0.3 is 10.5 Å². The third kappa shape index (κ3) is 2.65. The van der Waals surface area contributed by atoms with Crippen LogP contribution in [0.1, 0.15) is 30.4 Å². The monoisotopic (exact) mass is 205 g/mol. The maximum absolute atomic E-state index is 5.93. The summed E-state index contributed by atoms with van der Waals surface area (Å²) in [5.41, 5.74) is 9.03. The summed E-state index contributed by atoms with van der Waals surface area (Å²) in [6.07, 6.45) is 3.93. The van der Waals surface area contributed by atoms with E-state index in [9.17, 15) is 0 Å². The fraction of sp³-hybridized carbons (Fsp3) is 0.538. The molecule has 0 aromatic heterocycles. The summed E-state index contributed by atoms with van der Waals surface area (Å²) in [5.74, 6) is 1.79. The van der Waals surface area contributed by atoms with Gasteiger partial charge in [-0.3, -0.25) is 0 Å². The first-order valence-corrected chi connectivity index (χ1v) is 5.66. The first-order valence-electron chi connectivity index (χ1n) is 5.66. The lowest BCUT2D eigenvalue weighted by molar-refractivity contribution is 0.302. The molecule has 2 heteroatoms. The van der Waals surface area contributed by atoms with E-state index >= 15 is 0 Å². The Bertz CT molecular complexity index is 333. The van der Waals surface area contributed by atoms with Gasteiger partial charge in [0.15, 0.2) is 0 Å². The Morgan fingerprint density at radius 2 is 2.07 bits per heavy atom. The maximum atomic E-state index is 5.93. The van der Waals surface area contributed by atoms with Gasteiger partial charge in [-0.05, 0) is 43.4 Å². The smallest absolute Gasteiger partial charge is 0.145 e. The largest absolute Gasteiger partial charge is 0.491 e. The van der Waals surface area contributed by atoms with E-state index in [0.717, 1.165) is 29.5 Å². The minimum atomic E-state index is 0.767. The van der Waals surface area contributed by atoms with Gasteiger partial charge in [0, 0.05) is 0 Å². The molecule has 0 spiro atoms. The Morgan fingerprint density at radius 3 is 2.67 bits per heavy atom. The third-order valence-electron chi connectivity index (χ3n) is 2.92. The first-order chi connectivity index (χ1) is 7.16. The number of aryl methyl sites for hydroxylation is 2. The Kier molecular flexibility index (Phi) is 2.85. The highest BCUT2D eigenvalue weighted by Gasteiger charge is 2.21. The van der Waals surface area contributed by atoms with Crippen LogP contribution in [-0.2, 0) is 0 Å². The Morgan fingerprint density at radius 1 is 1.33 bits per heavy atom. The van der Waals surface area contributed by atoms with Gasteiger partial charge in [-0.25, -0.2) is 0 Å². The first kappa shape index (κ1) is 10.3. The highest BCUT2D eigenvalue weighted by molar-refractivity contribution is 5.58. The van der Waals surface area contributed by atoms with Crippen LogP contribution in [0.5, 0.6) is 5.75 Å². The van der Waals surface area contributed by atoms with Crippen molar-refractivity contribution in [2.75, 3.05) is 12.3 Å². The van der Waals surface area contributed by atoms with E-state index in [4.69, 9.17) is 10.5 Å². The Balaban J connectivity index is 1.99. The minimum absolute atomic E-state index is 0.767. The zero-order chi connectivity index (χ0) is 10.8. The van der Waals surface area contributed by atoms with E-state index in [-0.39, 0.29) is 0 Å². The zero-order valence-corrected chi connectivity index (χ0v) is 9.55. The zero-order valence-electron chi connectivity index (χ0n) is 9.55. The lowest BCUT2D eigenvalue weighted by Crippen LogP contribution is -2.03. The van der Waals surface area contributed by atoms with E-state index in [2.05, 4.69) is 19.9 Å². The molecule has 1 aliphatic rings. The molecule has 2 N–H and O–H groups in total. The van der Waals surface area contributed by atoms with Gasteiger partial charge in [-0.1, -0.05) is 18.9 Å². The molecule has 0 bridgehead atoms. The molecule has 0 atom stereocenters. The number of rotatable bonds is 4. The van der Waals surface area contributed by atoms with Gasteiger partial charge in [0.25, 0.3) is 0 Å². The molecule has 0 amide bonds. The van der Waals surface area contributed by atoms with Crippen LogP contribution in [0, 0.1) is 19.8 Å². The van der Waals surface area contributed by atoms with Crippen LogP contribution in [-0.4, -0.2) is 6.61 Å². The molecule has 1 aliphatic carbocycles. The van der Waals surface area contributed by atoms with Gasteiger partial charge in [0.2, 0.25) is 0 Å². The average Bonchev–Trinajstić information content (AvgIpc) is 2.93. The fourth-order valence-corrected chi connectivity index (χ4v) is 1.92. The molecule has 1 aromatic carbocycles. The summed E-state index contributed by atoms with van der Waals surface area (Å²) < 4.78 is 5.75. The minimum Gasteiger partial charge on any atom is -0.491 e. The van der Waals surface area contributed by atoms with Crippen molar-refractivity contribution in [1.82, 2.24) is 0 Å². The SMILES string of the molecule is Cc1cc(C)c(OCCC2CC2)c(N)c1. The van der Waals surface area contributed by atoms with E-state index in [0.29, 0.717) is 0 Å². The molecule has 2 nitrogen and oxygen atoms in total. The fourth-order valence-electron chi connectivity index (χ4n) is 1.92. The van der Waals surface area contributed by atoms with Gasteiger partial charge in [-0.15, -0.1) is 0 Å². The molecule has 0 heterocycles. The predicted octanol–water partition coefficient (Wildman–Crippen LogP) is 3.06. The van der Waals surface area contributed by atoms with E-state index < -0.39 is 0 Å². The normalized spacial score (nSPS) is 15.3. The summed E-state index contributed by atoms with van der Waals surface area (Å²) in [6, 6.07) is 4.09. The van der Waals surface area contributed by atoms with Crippen LogP contribution in [0.2, 0.25) is 0 Å². The molecule has 1 saturated carbocycles. The van der Waals surface area contributed by atoms with Crippen molar-refractivity contribution in [3.05, 3.63) is 23.3 Å². The average molecular weight is 205 g/mol. The second-order valence-corrected chi connectivity index (χ2v) is 4.58. The van der Waals surface area contributed by atoms with E-state index in [1.807, 2.05) is 6.07 Å². The Hall–Kier alpha value is -1.18. The highest BCUT2D eigenvalue weighted by Crippen LogP contribution is 2.33. The molecule has 1 fully saturated rings. The molecular formula is C13H19NO. The van der Waals surface area contributed by atoms with Crippen LogP contribution in [0.25, 0.3) is 0 Å². The molecular weight excluding hydrogens is 186 g/mol. The van der Waals surface area contributed by atoms with Crippen molar-refractivity contribution in [1.29, 1.82) is 0 Å². The second-order valence-electron chi connectivity index (χ2n) is 4.58. The number of nitrogens with two attached hydrogens (primary N) is 1. The van der Waals surface area contributed by atoms with Gasteiger partial charge in [-0.2, -0.15) is 0 Å². The summed E-state index contributed by atoms with van der Waals surface area (Å²) in [7, 11) is 0. The number of hydrogen-bond donors (Lipinski definition) is 1. The predicted molar refractivity (Wildman–Crippen MR) is 63.2 cm³/mol. The van der Waals surface area contributed by atoms with Crippen molar-refractivity contribution in [2.24, 2.45) is 5.92 Å². The molecule has 0 aliphatic heterocycles. The van der Waals surface area contributed by atoms with Crippen LogP contribution in [0.15, 0.2) is 12.1 Å². The molecule has 82 valence electrons. The van der Waals surface area contributed by atoms with E-state index in [1.54, 1.807) is 0 Å². The van der Waals surface area contributed by atoms with Crippen LogP contribution >= 0.6 is 0 Å². The molecule has 1 aromatic rings. The summed E-state index contributed by atoms with van der Waals surface area (Å²) >= 11 is 0. The van der Waals surface area contributed by atoms with Gasteiger partial charge in [0.05, 0.1) is 12.3 Å². The topological polar surface area (TPSA) is 35.2 Å². The van der Waals surface area contributed by atoms with Crippen LogP contribution < -0.4 is 10.5 Å². The molecule has 2 rings (SSSR count). The standard InChI is InChI=1S/C13H19NO/c1-9-7-10(2)13(12(14)8-9)15-6-5-11-3-4-11/h7-8,11H,3-6,14H2,1-2H3. The summed E-state index contributed by atoms with van der Waals surface area (Å²) in [6.45, 7) is 4.91. The van der Waals surface area contributed by atoms with Crippen molar-refractivity contribution in [3.63, 3.8) is 0 Å². The number of nitrogen functional groups attached to an aromatic ring is 1. The third-order valence-corrected chi connectivity index (χ3v) is 2.92. The van der Waals surface area contributed by atoms with Crippen molar-refractivity contribution < 1.29 is 4.74 Å². The maximum Gasteiger partial charge on any atom is 0.145 e. The molecule has 0 saturated heterocycles. The van der Waals surface area contributed by atoms with Gasteiger partial charge in [0.1, 0.15) is 5.75 Å². The number of anilines is 1. The second kappa shape index (κ2) is 4.13.